The van der Waals surface area contributed by atoms with Crippen molar-refractivity contribution in [2.24, 2.45) is 5.41 Å². The number of esters is 1. The molecule has 0 fully saturated rings. The molecular weight excluding hydrogens is 340 g/mol. The van der Waals surface area contributed by atoms with E-state index in [0.29, 0.717) is 6.61 Å². The average molecular weight is 369 g/mol. The molecule has 2 nitrogen and oxygen atoms in total. The number of benzene rings is 1. The number of unbranched alkanes of at least 4 members (excludes halogenated alkanes) is 2. The van der Waals surface area contributed by atoms with Gasteiger partial charge in [-0.1, -0.05) is 72.4 Å². The molecule has 0 aromatic heterocycles. The Hall–Kier alpha value is -0.830. The van der Waals surface area contributed by atoms with Gasteiger partial charge in [-0.25, -0.2) is 0 Å². The fraction of sp³-hybridized carbons (Fsp3) is 0.632. The largest absolute Gasteiger partial charge is 0.466 e. The van der Waals surface area contributed by atoms with E-state index in [1.807, 2.05) is 25.1 Å². The van der Waals surface area contributed by atoms with Gasteiger partial charge < -0.3 is 4.74 Å². The molecule has 124 valence electrons. The monoisotopic (exact) mass is 368 g/mol. The zero-order valence-electron chi connectivity index (χ0n) is 13.9. The third-order valence-corrected chi connectivity index (χ3v) is 4.70. The first kappa shape index (κ1) is 19.2. The van der Waals surface area contributed by atoms with Gasteiger partial charge in [0, 0.05) is 5.33 Å². The van der Waals surface area contributed by atoms with Crippen molar-refractivity contribution in [1.82, 2.24) is 0 Å². The molecule has 0 aliphatic rings. The van der Waals surface area contributed by atoms with Crippen LogP contribution in [0.3, 0.4) is 0 Å². The van der Waals surface area contributed by atoms with Gasteiger partial charge in [0.1, 0.15) is 0 Å². The van der Waals surface area contributed by atoms with Gasteiger partial charge in [0.15, 0.2) is 0 Å². The van der Waals surface area contributed by atoms with E-state index in [0.717, 1.165) is 50.3 Å². The molecule has 22 heavy (non-hydrogen) atoms. The van der Waals surface area contributed by atoms with Crippen molar-refractivity contribution < 1.29 is 9.53 Å². The number of halogens is 1. The van der Waals surface area contributed by atoms with Crippen LogP contribution >= 0.6 is 15.9 Å². The van der Waals surface area contributed by atoms with Crippen LogP contribution in [0.4, 0.5) is 0 Å². The molecule has 3 heteroatoms. The minimum absolute atomic E-state index is 0.0122. The average Bonchev–Trinajstić information content (AvgIpc) is 2.54. The molecule has 1 rings (SSSR count). The van der Waals surface area contributed by atoms with E-state index in [9.17, 15) is 4.79 Å². The van der Waals surface area contributed by atoms with Crippen LogP contribution in [0, 0.1) is 5.41 Å². The van der Waals surface area contributed by atoms with Crippen molar-refractivity contribution in [3.8, 4) is 0 Å². The third-order valence-electron chi connectivity index (χ3n) is 4.14. The van der Waals surface area contributed by atoms with Gasteiger partial charge in [-0.05, 0) is 38.2 Å². The quantitative estimate of drug-likeness (QED) is 0.291. The van der Waals surface area contributed by atoms with E-state index in [-0.39, 0.29) is 11.4 Å². The van der Waals surface area contributed by atoms with Gasteiger partial charge >= 0.3 is 5.97 Å². The second kappa shape index (κ2) is 10.8. The summed E-state index contributed by atoms with van der Waals surface area (Å²) in [5.74, 6) is -0.0122. The fourth-order valence-corrected chi connectivity index (χ4v) is 3.32. The molecule has 1 atom stereocenters. The summed E-state index contributed by atoms with van der Waals surface area (Å²) in [5, 5.41) is 0.991. The van der Waals surface area contributed by atoms with E-state index < -0.39 is 0 Å². The van der Waals surface area contributed by atoms with E-state index >= 15 is 0 Å². The van der Waals surface area contributed by atoms with Crippen LogP contribution in [0.1, 0.15) is 57.9 Å². The number of alkyl halides is 1. The molecule has 0 aliphatic carbocycles. The highest BCUT2D eigenvalue weighted by atomic mass is 79.9. The highest BCUT2D eigenvalue weighted by Crippen LogP contribution is 2.36. The molecule has 0 heterocycles. The highest BCUT2D eigenvalue weighted by Gasteiger charge is 2.38. The van der Waals surface area contributed by atoms with Crippen molar-refractivity contribution >= 4 is 21.9 Å². The summed E-state index contributed by atoms with van der Waals surface area (Å²) in [6.45, 7) is 4.53. The maximum absolute atomic E-state index is 12.7. The maximum atomic E-state index is 12.7. The minimum atomic E-state index is -0.366. The number of ether oxygens (including phenoxy) is 1. The van der Waals surface area contributed by atoms with Gasteiger partial charge in [0.2, 0.25) is 0 Å². The standard InChI is InChI=1S/C19H29BrO2/c1-3-5-13-19(14-9-10-15-20,18(21)22-4-2)16-17-11-7-6-8-12-17/h6-8,11-12H,3-5,9-10,13-16H2,1-2H3. The molecule has 0 aliphatic heterocycles. The summed E-state index contributed by atoms with van der Waals surface area (Å²) in [6, 6.07) is 10.3. The number of hydrogen-bond acceptors (Lipinski definition) is 2. The van der Waals surface area contributed by atoms with Crippen LogP contribution in [-0.4, -0.2) is 17.9 Å². The number of hydrogen-bond donors (Lipinski definition) is 0. The molecule has 1 aromatic rings. The van der Waals surface area contributed by atoms with E-state index in [2.05, 4.69) is 35.0 Å². The van der Waals surface area contributed by atoms with Crippen LogP contribution in [0.15, 0.2) is 30.3 Å². The molecule has 0 bridgehead atoms. The lowest BCUT2D eigenvalue weighted by molar-refractivity contribution is -0.156. The number of rotatable bonds is 11. The first-order valence-corrected chi connectivity index (χ1v) is 9.57. The number of carbonyl (C=O) groups is 1. The van der Waals surface area contributed by atoms with Crippen molar-refractivity contribution in [1.29, 1.82) is 0 Å². The van der Waals surface area contributed by atoms with E-state index in [1.54, 1.807) is 0 Å². The zero-order chi connectivity index (χ0) is 16.3. The van der Waals surface area contributed by atoms with E-state index in [4.69, 9.17) is 4.74 Å². The predicted octanol–water partition coefficient (Wildman–Crippen LogP) is 5.53. The Morgan fingerprint density at radius 1 is 1.09 bits per heavy atom. The molecule has 1 aromatic carbocycles. The van der Waals surface area contributed by atoms with Gasteiger partial charge in [-0.2, -0.15) is 0 Å². The van der Waals surface area contributed by atoms with Crippen LogP contribution < -0.4 is 0 Å². The molecule has 0 N–H and O–H groups in total. The van der Waals surface area contributed by atoms with Crippen molar-refractivity contribution in [3.63, 3.8) is 0 Å². The molecular formula is C19H29BrO2. The summed E-state index contributed by atoms with van der Waals surface area (Å²) in [6.07, 6.45) is 6.94. The van der Waals surface area contributed by atoms with E-state index in [1.165, 1.54) is 5.56 Å². The Labute approximate surface area is 143 Å². The fourth-order valence-electron chi connectivity index (χ4n) is 2.92. The first-order chi connectivity index (χ1) is 10.7. The topological polar surface area (TPSA) is 26.3 Å². The molecule has 0 radical (unpaired) electrons. The smallest absolute Gasteiger partial charge is 0.312 e. The summed E-state index contributed by atoms with van der Waals surface area (Å²) >= 11 is 3.49. The second-order valence-electron chi connectivity index (χ2n) is 5.91. The van der Waals surface area contributed by atoms with Crippen molar-refractivity contribution in [2.75, 3.05) is 11.9 Å². The maximum Gasteiger partial charge on any atom is 0.312 e. The number of carbonyl (C=O) groups excluding carboxylic acids is 1. The second-order valence-corrected chi connectivity index (χ2v) is 6.71. The lowest BCUT2D eigenvalue weighted by atomic mass is 9.73. The lowest BCUT2D eigenvalue weighted by Crippen LogP contribution is -2.35. The minimum Gasteiger partial charge on any atom is -0.466 e. The Balaban J connectivity index is 2.97. The lowest BCUT2D eigenvalue weighted by Gasteiger charge is -2.32. The third kappa shape index (κ3) is 6.12. The molecule has 1 unspecified atom stereocenters. The van der Waals surface area contributed by atoms with Gasteiger partial charge in [0.25, 0.3) is 0 Å². The SMILES string of the molecule is CCCCC(CCCCBr)(Cc1ccccc1)C(=O)OCC. The van der Waals surface area contributed by atoms with Gasteiger partial charge in [-0.3, -0.25) is 4.79 Å². The van der Waals surface area contributed by atoms with Gasteiger partial charge in [-0.15, -0.1) is 0 Å². The highest BCUT2D eigenvalue weighted by molar-refractivity contribution is 9.09. The Morgan fingerprint density at radius 3 is 2.36 bits per heavy atom. The summed E-state index contributed by atoms with van der Waals surface area (Å²) in [7, 11) is 0. The summed E-state index contributed by atoms with van der Waals surface area (Å²) in [4.78, 5) is 12.7. The molecule has 0 saturated carbocycles. The summed E-state index contributed by atoms with van der Waals surface area (Å²) in [5.41, 5.74) is 0.862. The normalized spacial score (nSPS) is 13.6. The predicted molar refractivity (Wildman–Crippen MR) is 96.4 cm³/mol. The molecule has 0 amide bonds. The summed E-state index contributed by atoms with van der Waals surface area (Å²) < 4.78 is 5.46. The van der Waals surface area contributed by atoms with Crippen LogP contribution in [0.25, 0.3) is 0 Å². The Kier molecular flexibility index (Phi) is 9.45. The molecule has 0 saturated heterocycles. The zero-order valence-corrected chi connectivity index (χ0v) is 15.5. The first-order valence-electron chi connectivity index (χ1n) is 8.45. The Morgan fingerprint density at radius 2 is 1.77 bits per heavy atom. The molecule has 0 spiro atoms. The van der Waals surface area contributed by atoms with Crippen molar-refractivity contribution in [2.45, 2.75) is 58.8 Å². The van der Waals surface area contributed by atoms with Crippen LogP contribution in [0.5, 0.6) is 0 Å². The van der Waals surface area contributed by atoms with Gasteiger partial charge in [0.05, 0.1) is 12.0 Å². The van der Waals surface area contributed by atoms with Crippen molar-refractivity contribution in [3.05, 3.63) is 35.9 Å². The van der Waals surface area contributed by atoms with Crippen LogP contribution in [-0.2, 0) is 16.0 Å². The van der Waals surface area contributed by atoms with Crippen LogP contribution in [0.2, 0.25) is 0 Å². The Bertz CT molecular complexity index is 419.